The summed E-state index contributed by atoms with van der Waals surface area (Å²) in [5.74, 6) is -0.620. The van der Waals surface area contributed by atoms with Gasteiger partial charge in [-0.05, 0) is 13.3 Å². The third-order valence-electron chi connectivity index (χ3n) is 2.02. The van der Waals surface area contributed by atoms with Crippen molar-refractivity contribution in [3.8, 4) is 0 Å². The van der Waals surface area contributed by atoms with E-state index in [1.165, 1.54) is 0 Å². The first-order valence-electron chi connectivity index (χ1n) is 5.57. The van der Waals surface area contributed by atoms with Gasteiger partial charge < -0.3 is 4.74 Å². The van der Waals surface area contributed by atoms with E-state index < -0.39 is 5.97 Å². The molecule has 0 saturated heterocycles. The van der Waals surface area contributed by atoms with Crippen LogP contribution in [0.15, 0.2) is 11.6 Å². The number of hydrogen-bond donors (Lipinski definition) is 0. The highest BCUT2D eigenvalue weighted by Gasteiger charge is 2.16. The molecule has 0 aromatic carbocycles. The third-order valence-corrected chi connectivity index (χ3v) is 2.02. The van der Waals surface area contributed by atoms with Crippen LogP contribution in [0.4, 0.5) is 0 Å². The minimum atomic E-state index is -0.486. The molecular weight excluding hydrogens is 192 g/mol. The van der Waals surface area contributed by atoms with E-state index in [0.29, 0.717) is 13.0 Å². The van der Waals surface area contributed by atoms with Crippen LogP contribution in [0.25, 0.3) is 0 Å². The van der Waals surface area contributed by atoms with Crippen LogP contribution in [-0.4, -0.2) is 18.4 Å². The average Bonchev–Trinajstić information content (AvgIpc) is 2.23. The van der Waals surface area contributed by atoms with E-state index >= 15 is 0 Å². The lowest BCUT2D eigenvalue weighted by Crippen LogP contribution is -2.15. The van der Waals surface area contributed by atoms with Crippen molar-refractivity contribution in [1.82, 2.24) is 0 Å². The van der Waals surface area contributed by atoms with Gasteiger partial charge in [-0.1, -0.05) is 32.8 Å². The molecule has 0 unspecified atom stereocenters. The topological polar surface area (TPSA) is 43.4 Å². The van der Waals surface area contributed by atoms with Crippen LogP contribution in [-0.2, 0) is 14.3 Å². The second-order valence-electron chi connectivity index (χ2n) is 3.26. The Hall–Kier alpha value is -1.12. The molecule has 0 aliphatic heterocycles. The first-order chi connectivity index (χ1) is 7.17. The zero-order valence-corrected chi connectivity index (χ0v) is 9.84. The van der Waals surface area contributed by atoms with E-state index in [4.69, 9.17) is 4.74 Å². The Morgan fingerprint density at radius 2 is 1.87 bits per heavy atom. The number of carbonyl (C=O) groups excluding carboxylic acids is 2. The van der Waals surface area contributed by atoms with Gasteiger partial charge in [0.15, 0.2) is 5.78 Å². The Balaban J connectivity index is 4.49. The molecule has 0 radical (unpaired) electrons. The average molecular weight is 212 g/mol. The van der Waals surface area contributed by atoms with Crippen molar-refractivity contribution in [2.24, 2.45) is 0 Å². The molecule has 3 heteroatoms. The summed E-state index contributed by atoms with van der Waals surface area (Å²) >= 11 is 0. The van der Waals surface area contributed by atoms with Gasteiger partial charge in [-0.3, -0.25) is 4.79 Å². The molecule has 0 N–H and O–H groups in total. The molecule has 0 rings (SSSR count). The Morgan fingerprint density at radius 3 is 2.33 bits per heavy atom. The summed E-state index contributed by atoms with van der Waals surface area (Å²) in [4.78, 5) is 22.9. The fourth-order valence-electron chi connectivity index (χ4n) is 1.16. The van der Waals surface area contributed by atoms with Gasteiger partial charge in [0.1, 0.15) is 0 Å². The van der Waals surface area contributed by atoms with Gasteiger partial charge in [0.2, 0.25) is 0 Å². The molecule has 0 saturated carbocycles. The SMILES string of the molecule is CCCCC=C(C(=O)CC)C(=O)OCC. The largest absolute Gasteiger partial charge is 0.462 e. The Labute approximate surface area is 91.5 Å². The quantitative estimate of drug-likeness (QED) is 0.214. The molecule has 0 heterocycles. The van der Waals surface area contributed by atoms with Crippen LogP contribution >= 0.6 is 0 Å². The van der Waals surface area contributed by atoms with Gasteiger partial charge in [-0.25, -0.2) is 4.79 Å². The molecule has 0 aliphatic rings. The number of Topliss-reactive ketones (excluding diaryl/α,β-unsaturated/α-hetero) is 1. The highest BCUT2D eigenvalue weighted by atomic mass is 16.5. The number of rotatable bonds is 7. The van der Waals surface area contributed by atoms with Crippen molar-refractivity contribution < 1.29 is 14.3 Å². The number of allylic oxidation sites excluding steroid dienone is 1. The fourth-order valence-corrected chi connectivity index (χ4v) is 1.16. The van der Waals surface area contributed by atoms with Crippen molar-refractivity contribution in [3.05, 3.63) is 11.6 Å². The lowest BCUT2D eigenvalue weighted by molar-refractivity contribution is -0.140. The van der Waals surface area contributed by atoms with Crippen LogP contribution in [0.1, 0.15) is 46.5 Å². The predicted octanol–water partition coefficient (Wildman–Crippen LogP) is 2.65. The zero-order valence-electron chi connectivity index (χ0n) is 9.84. The lowest BCUT2D eigenvalue weighted by atomic mass is 10.1. The van der Waals surface area contributed by atoms with Gasteiger partial charge in [-0.15, -0.1) is 0 Å². The minimum absolute atomic E-state index is 0.135. The van der Waals surface area contributed by atoms with Gasteiger partial charge in [0, 0.05) is 6.42 Å². The number of hydrogen-bond acceptors (Lipinski definition) is 3. The van der Waals surface area contributed by atoms with Crippen LogP contribution < -0.4 is 0 Å². The second-order valence-corrected chi connectivity index (χ2v) is 3.26. The van der Waals surface area contributed by atoms with Crippen LogP contribution in [0.3, 0.4) is 0 Å². The van der Waals surface area contributed by atoms with Crippen molar-refractivity contribution in [1.29, 1.82) is 0 Å². The molecule has 0 aromatic heterocycles. The molecule has 86 valence electrons. The third kappa shape index (κ3) is 5.35. The predicted molar refractivity (Wildman–Crippen MR) is 59.5 cm³/mol. The summed E-state index contributed by atoms with van der Waals surface area (Å²) in [6.45, 7) is 5.85. The van der Waals surface area contributed by atoms with Gasteiger partial charge in [0.25, 0.3) is 0 Å². The molecule has 0 amide bonds. The van der Waals surface area contributed by atoms with E-state index in [1.807, 2.05) is 0 Å². The summed E-state index contributed by atoms with van der Waals surface area (Å²) in [5, 5.41) is 0. The molecule has 15 heavy (non-hydrogen) atoms. The van der Waals surface area contributed by atoms with Gasteiger partial charge in [-0.2, -0.15) is 0 Å². The normalized spacial score (nSPS) is 11.3. The summed E-state index contributed by atoms with van der Waals surface area (Å²) < 4.78 is 4.83. The Bertz CT molecular complexity index is 241. The molecule has 0 spiro atoms. The maximum atomic E-state index is 11.5. The highest BCUT2D eigenvalue weighted by molar-refractivity contribution is 6.17. The summed E-state index contributed by atoms with van der Waals surface area (Å²) in [6.07, 6.45) is 4.84. The Morgan fingerprint density at radius 1 is 1.20 bits per heavy atom. The van der Waals surface area contributed by atoms with E-state index in [-0.39, 0.29) is 11.4 Å². The number of esters is 1. The van der Waals surface area contributed by atoms with Crippen molar-refractivity contribution in [2.45, 2.75) is 46.5 Å². The van der Waals surface area contributed by atoms with Crippen LogP contribution in [0.5, 0.6) is 0 Å². The summed E-state index contributed by atoms with van der Waals surface area (Å²) in [6, 6.07) is 0. The number of ether oxygens (including phenoxy) is 1. The van der Waals surface area contributed by atoms with Gasteiger partial charge in [0.05, 0.1) is 12.2 Å². The fraction of sp³-hybridized carbons (Fsp3) is 0.667. The van der Waals surface area contributed by atoms with Crippen molar-refractivity contribution >= 4 is 11.8 Å². The number of unbranched alkanes of at least 4 members (excludes halogenated alkanes) is 2. The zero-order chi connectivity index (χ0) is 11.7. The standard InChI is InChI=1S/C12H20O3/c1-4-7-8-9-10(11(13)5-2)12(14)15-6-3/h9H,4-8H2,1-3H3. The van der Waals surface area contributed by atoms with Crippen molar-refractivity contribution in [2.75, 3.05) is 6.61 Å². The van der Waals surface area contributed by atoms with E-state index in [1.54, 1.807) is 19.9 Å². The first kappa shape index (κ1) is 13.9. The maximum absolute atomic E-state index is 11.5. The molecule has 0 bridgehead atoms. The first-order valence-corrected chi connectivity index (χ1v) is 5.57. The number of ketones is 1. The number of carbonyl (C=O) groups is 2. The minimum Gasteiger partial charge on any atom is -0.462 e. The summed E-state index contributed by atoms with van der Waals surface area (Å²) in [5.41, 5.74) is 0.216. The van der Waals surface area contributed by atoms with E-state index in [0.717, 1.165) is 19.3 Å². The molecule has 0 aliphatic carbocycles. The molecule has 3 nitrogen and oxygen atoms in total. The van der Waals surface area contributed by atoms with Gasteiger partial charge >= 0.3 is 5.97 Å². The van der Waals surface area contributed by atoms with Crippen molar-refractivity contribution in [3.63, 3.8) is 0 Å². The second kappa shape index (κ2) is 8.21. The van der Waals surface area contributed by atoms with E-state index in [2.05, 4.69) is 6.92 Å². The Kier molecular flexibility index (Phi) is 7.60. The lowest BCUT2D eigenvalue weighted by Gasteiger charge is -2.04. The van der Waals surface area contributed by atoms with Crippen LogP contribution in [0.2, 0.25) is 0 Å². The molecule has 0 atom stereocenters. The smallest absolute Gasteiger partial charge is 0.341 e. The highest BCUT2D eigenvalue weighted by Crippen LogP contribution is 2.07. The summed E-state index contributed by atoms with van der Waals surface area (Å²) in [7, 11) is 0. The molecular formula is C12H20O3. The maximum Gasteiger partial charge on any atom is 0.341 e. The molecule has 0 fully saturated rings. The van der Waals surface area contributed by atoms with Crippen LogP contribution in [0, 0.1) is 0 Å². The van der Waals surface area contributed by atoms with E-state index in [9.17, 15) is 9.59 Å². The monoisotopic (exact) mass is 212 g/mol. The molecule has 0 aromatic rings.